The number of hydrogen-bond donors (Lipinski definition) is 3. The molecule has 0 bridgehead atoms. The number of aromatic hydroxyl groups is 1. The zero-order valence-electron chi connectivity index (χ0n) is 17.4. The van der Waals surface area contributed by atoms with Crippen molar-refractivity contribution < 1.29 is 14.6 Å². The van der Waals surface area contributed by atoms with Gasteiger partial charge in [-0.1, -0.05) is 13.8 Å². The molecule has 7 nitrogen and oxygen atoms in total. The highest BCUT2D eigenvalue weighted by atomic mass is 127. The quantitative estimate of drug-likeness (QED) is 0.286. The van der Waals surface area contributed by atoms with Crippen LogP contribution in [0.1, 0.15) is 26.3 Å². The van der Waals surface area contributed by atoms with Crippen molar-refractivity contribution >= 4 is 29.9 Å². The Kier molecular flexibility index (Phi) is 11.6. The van der Waals surface area contributed by atoms with Gasteiger partial charge in [-0.2, -0.15) is 0 Å². The number of nitrogens with one attached hydrogen (secondary N) is 2. The Hall–Kier alpha value is -1.26. The minimum absolute atomic E-state index is 0. The molecule has 1 aliphatic heterocycles. The first-order valence-electron chi connectivity index (χ1n) is 9.75. The van der Waals surface area contributed by atoms with Gasteiger partial charge in [0, 0.05) is 37.8 Å². The summed E-state index contributed by atoms with van der Waals surface area (Å²) in [5.41, 5.74) is 0.736. The number of halogens is 1. The Morgan fingerprint density at radius 3 is 2.61 bits per heavy atom. The van der Waals surface area contributed by atoms with Crippen LogP contribution in [0.25, 0.3) is 0 Å². The topological polar surface area (TPSA) is 78.4 Å². The molecule has 1 aliphatic rings. The van der Waals surface area contributed by atoms with Crippen LogP contribution >= 0.6 is 24.0 Å². The van der Waals surface area contributed by atoms with Crippen LogP contribution in [0.4, 0.5) is 0 Å². The van der Waals surface area contributed by atoms with Crippen molar-refractivity contribution in [1.82, 2.24) is 15.5 Å². The minimum Gasteiger partial charge on any atom is -0.508 e. The second kappa shape index (κ2) is 13.1. The van der Waals surface area contributed by atoms with E-state index in [4.69, 9.17) is 9.47 Å². The van der Waals surface area contributed by atoms with Crippen LogP contribution in [-0.4, -0.2) is 68.5 Å². The van der Waals surface area contributed by atoms with Crippen LogP contribution in [0.5, 0.6) is 11.5 Å². The van der Waals surface area contributed by atoms with E-state index in [9.17, 15) is 5.11 Å². The number of guanidine groups is 1. The summed E-state index contributed by atoms with van der Waals surface area (Å²) in [6, 6.07) is 5.61. The lowest BCUT2D eigenvalue weighted by Crippen LogP contribution is -2.52. The summed E-state index contributed by atoms with van der Waals surface area (Å²) in [6.07, 6.45) is 0. The Morgan fingerprint density at radius 2 is 2.00 bits per heavy atom. The highest BCUT2D eigenvalue weighted by Crippen LogP contribution is 2.23. The van der Waals surface area contributed by atoms with E-state index in [0.29, 0.717) is 24.3 Å². The highest BCUT2D eigenvalue weighted by Gasteiger charge is 2.23. The van der Waals surface area contributed by atoms with Crippen molar-refractivity contribution in [1.29, 1.82) is 0 Å². The number of aliphatic imine (C=N–C) groups is 1. The molecule has 0 amide bonds. The lowest BCUT2D eigenvalue weighted by molar-refractivity contribution is 0.00752. The molecule has 0 aliphatic carbocycles. The summed E-state index contributed by atoms with van der Waals surface area (Å²) in [4.78, 5) is 7.12. The molecule has 1 aromatic carbocycles. The molecule has 0 aromatic heterocycles. The molecule has 1 atom stereocenters. The van der Waals surface area contributed by atoms with Crippen molar-refractivity contribution in [2.45, 2.75) is 33.4 Å². The average Bonchev–Trinajstić information content (AvgIpc) is 2.67. The van der Waals surface area contributed by atoms with Gasteiger partial charge in [0.1, 0.15) is 11.5 Å². The van der Waals surface area contributed by atoms with Gasteiger partial charge in [-0.05, 0) is 31.0 Å². The van der Waals surface area contributed by atoms with Crippen LogP contribution in [0.2, 0.25) is 0 Å². The number of phenolic OH excluding ortho intramolecular Hbond substituents is 1. The van der Waals surface area contributed by atoms with E-state index < -0.39 is 0 Å². The molecular weight excluding hydrogens is 471 g/mol. The van der Waals surface area contributed by atoms with Crippen molar-refractivity contribution in [3.63, 3.8) is 0 Å². The summed E-state index contributed by atoms with van der Waals surface area (Å²) in [6.45, 7) is 12.0. The largest absolute Gasteiger partial charge is 0.508 e. The third kappa shape index (κ3) is 7.63. The van der Waals surface area contributed by atoms with E-state index >= 15 is 0 Å². The zero-order valence-corrected chi connectivity index (χ0v) is 19.7. The molecule has 1 unspecified atom stereocenters. The van der Waals surface area contributed by atoms with Gasteiger partial charge in [-0.15, -0.1) is 24.0 Å². The molecule has 3 N–H and O–H groups in total. The fourth-order valence-electron chi connectivity index (χ4n) is 3.22. The summed E-state index contributed by atoms with van der Waals surface area (Å²) in [5.74, 6) is 2.21. The van der Waals surface area contributed by atoms with E-state index in [0.717, 1.165) is 50.9 Å². The standard InChI is InChI=1S/C20H34N4O3.HI/c1-5-21-20(22-13-16-12-17(26-4)6-7-19(16)25)23-14-18(15(2)3)24-8-10-27-11-9-24;/h6-7,12,15,18,25H,5,8-11,13-14H2,1-4H3,(H2,21,22,23);1H. The van der Waals surface area contributed by atoms with Gasteiger partial charge in [0.05, 0.1) is 26.9 Å². The molecule has 2 rings (SSSR count). The molecule has 1 fully saturated rings. The molecule has 0 radical (unpaired) electrons. The maximum Gasteiger partial charge on any atom is 0.191 e. The molecule has 0 spiro atoms. The molecule has 0 saturated carbocycles. The zero-order chi connectivity index (χ0) is 19.6. The maximum atomic E-state index is 10.1. The Bertz CT molecular complexity index is 607. The fourth-order valence-corrected chi connectivity index (χ4v) is 3.22. The van der Waals surface area contributed by atoms with Gasteiger partial charge in [0.2, 0.25) is 0 Å². The van der Waals surface area contributed by atoms with Crippen LogP contribution in [0.15, 0.2) is 23.2 Å². The average molecular weight is 506 g/mol. The number of methoxy groups -OCH3 is 1. The number of phenols is 1. The predicted molar refractivity (Wildman–Crippen MR) is 124 cm³/mol. The number of benzene rings is 1. The molecule has 1 saturated heterocycles. The van der Waals surface area contributed by atoms with E-state index in [2.05, 4.69) is 34.4 Å². The SMILES string of the molecule is CCNC(=NCc1cc(OC)ccc1O)NCC(C(C)C)N1CCOCC1.I. The van der Waals surface area contributed by atoms with E-state index in [1.54, 1.807) is 19.2 Å². The van der Waals surface area contributed by atoms with Gasteiger partial charge in [-0.3, -0.25) is 4.90 Å². The smallest absolute Gasteiger partial charge is 0.191 e. The number of morpholine rings is 1. The van der Waals surface area contributed by atoms with Crippen molar-refractivity contribution in [2.75, 3.05) is 46.5 Å². The Balaban J connectivity index is 0.00000392. The molecule has 28 heavy (non-hydrogen) atoms. The van der Waals surface area contributed by atoms with Crippen molar-refractivity contribution in [3.8, 4) is 11.5 Å². The highest BCUT2D eigenvalue weighted by molar-refractivity contribution is 14.0. The molecule has 1 heterocycles. The Labute approximate surface area is 185 Å². The maximum absolute atomic E-state index is 10.1. The molecule has 1 aromatic rings. The molecular formula is C20H35IN4O3. The number of ether oxygens (including phenoxy) is 2. The van der Waals surface area contributed by atoms with Crippen LogP contribution in [0, 0.1) is 5.92 Å². The first-order chi connectivity index (χ1) is 13.0. The van der Waals surface area contributed by atoms with Gasteiger partial charge < -0.3 is 25.2 Å². The predicted octanol–water partition coefficient (Wildman–Crippen LogP) is 2.43. The normalized spacial score (nSPS) is 16.4. The first kappa shape index (κ1) is 24.8. The van der Waals surface area contributed by atoms with Crippen LogP contribution < -0.4 is 15.4 Å². The van der Waals surface area contributed by atoms with E-state index in [-0.39, 0.29) is 29.7 Å². The fraction of sp³-hybridized carbons (Fsp3) is 0.650. The Morgan fingerprint density at radius 1 is 1.29 bits per heavy atom. The number of hydrogen-bond acceptors (Lipinski definition) is 5. The summed E-state index contributed by atoms with van der Waals surface area (Å²) >= 11 is 0. The lowest BCUT2D eigenvalue weighted by atomic mass is 10.0. The van der Waals surface area contributed by atoms with Crippen LogP contribution in [0.3, 0.4) is 0 Å². The number of rotatable bonds is 8. The first-order valence-corrected chi connectivity index (χ1v) is 9.75. The summed E-state index contributed by atoms with van der Waals surface area (Å²) in [5, 5.41) is 16.8. The van der Waals surface area contributed by atoms with E-state index in [1.165, 1.54) is 0 Å². The molecule has 160 valence electrons. The summed E-state index contributed by atoms with van der Waals surface area (Å²) in [7, 11) is 1.61. The second-order valence-corrected chi connectivity index (χ2v) is 7.03. The monoisotopic (exact) mass is 506 g/mol. The lowest BCUT2D eigenvalue weighted by Gasteiger charge is -2.37. The van der Waals surface area contributed by atoms with Gasteiger partial charge >= 0.3 is 0 Å². The third-order valence-electron chi connectivity index (χ3n) is 4.80. The minimum atomic E-state index is 0. The van der Waals surface area contributed by atoms with E-state index in [1.807, 2.05) is 13.0 Å². The van der Waals surface area contributed by atoms with Crippen molar-refractivity contribution in [3.05, 3.63) is 23.8 Å². The van der Waals surface area contributed by atoms with Gasteiger partial charge in [0.15, 0.2) is 5.96 Å². The van der Waals surface area contributed by atoms with Crippen molar-refractivity contribution in [2.24, 2.45) is 10.9 Å². The second-order valence-electron chi connectivity index (χ2n) is 7.03. The van der Waals surface area contributed by atoms with Gasteiger partial charge in [-0.25, -0.2) is 4.99 Å². The van der Waals surface area contributed by atoms with Gasteiger partial charge in [0.25, 0.3) is 0 Å². The number of nitrogens with zero attached hydrogens (tertiary/aromatic N) is 2. The van der Waals surface area contributed by atoms with Crippen LogP contribution in [-0.2, 0) is 11.3 Å². The summed E-state index contributed by atoms with van der Waals surface area (Å²) < 4.78 is 10.7. The third-order valence-corrected chi connectivity index (χ3v) is 4.80. The molecule has 8 heteroatoms.